The molecule has 2 aliphatic rings. The zero-order chi connectivity index (χ0) is 24.7. The van der Waals surface area contributed by atoms with Crippen LogP contribution in [0.2, 0.25) is 0 Å². The third-order valence-electron chi connectivity index (χ3n) is 6.37. The molecular formula is C23H33N5O5S. The molecule has 0 saturated carbocycles. The molecule has 186 valence electrons. The molecule has 0 spiro atoms. The molecule has 10 nitrogen and oxygen atoms in total. The number of esters is 1. The highest BCUT2D eigenvalue weighted by Crippen LogP contribution is 2.26. The highest BCUT2D eigenvalue weighted by Gasteiger charge is 2.37. The second-order valence-corrected chi connectivity index (χ2v) is 9.79. The zero-order valence-corrected chi connectivity index (χ0v) is 20.4. The fourth-order valence-corrected chi connectivity index (χ4v) is 4.93. The number of benzene rings is 1. The highest BCUT2D eigenvalue weighted by molar-refractivity contribution is 7.81. The maximum atomic E-state index is 12.8. The van der Waals surface area contributed by atoms with Crippen molar-refractivity contribution in [1.82, 2.24) is 9.80 Å². The van der Waals surface area contributed by atoms with E-state index in [-0.39, 0.29) is 41.7 Å². The van der Waals surface area contributed by atoms with E-state index in [9.17, 15) is 19.7 Å². The monoisotopic (exact) mass is 491 g/mol. The van der Waals surface area contributed by atoms with Crippen molar-refractivity contribution in [2.75, 3.05) is 33.2 Å². The molecule has 11 heteroatoms. The summed E-state index contributed by atoms with van der Waals surface area (Å²) in [6.07, 6.45) is 3.51. The molecule has 2 aliphatic heterocycles. The van der Waals surface area contributed by atoms with Gasteiger partial charge < -0.3 is 15.4 Å². The Labute approximate surface area is 205 Å². The van der Waals surface area contributed by atoms with Crippen LogP contribution >= 0.6 is 12.6 Å². The second kappa shape index (κ2) is 12.2. The maximum Gasteiger partial charge on any atom is 0.313 e. The molecule has 0 unspecified atom stereocenters. The summed E-state index contributed by atoms with van der Waals surface area (Å²) in [5.41, 5.74) is 6.50. The van der Waals surface area contributed by atoms with Crippen LogP contribution in [0.5, 0.6) is 0 Å². The first-order valence-corrected chi connectivity index (χ1v) is 12.1. The second-order valence-electron chi connectivity index (χ2n) is 9.06. The van der Waals surface area contributed by atoms with Crippen LogP contribution in [0.15, 0.2) is 29.3 Å². The zero-order valence-electron chi connectivity index (χ0n) is 19.5. The van der Waals surface area contributed by atoms with E-state index in [1.54, 1.807) is 12.1 Å². The molecule has 1 amide bonds. The predicted octanol–water partition coefficient (Wildman–Crippen LogP) is 2.02. The van der Waals surface area contributed by atoms with E-state index in [1.807, 2.05) is 11.9 Å². The van der Waals surface area contributed by atoms with Crippen molar-refractivity contribution in [3.8, 4) is 0 Å². The molecule has 3 rings (SSSR count). The van der Waals surface area contributed by atoms with E-state index in [2.05, 4.69) is 22.5 Å². The quantitative estimate of drug-likeness (QED) is 0.0973. The van der Waals surface area contributed by atoms with E-state index in [1.165, 1.54) is 12.1 Å². The van der Waals surface area contributed by atoms with Gasteiger partial charge in [-0.15, -0.1) is 0 Å². The number of ether oxygens (including phenoxy) is 1. The maximum absolute atomic E-state index is 12.8. The van der Waals surface area contributed by atoms with Gasteiger partial charge in [0.1, 0.15) is 18.9 Å². The van der Waals surface area contributed by atoms with Crippen LogP contribution in [0.3, 0.4) is 0 Å². The third-order valence-corrected chi connectivity index (χ3v) is 6.74. The number of rotatable bonds is 10. The van der Waals surface area contributed by atoms with Crippen molar-refractivity contribution >= 4 is 36.0 Å². The summed E-state index contributed by atoms with van der Waals surface area (Å²) in [6, 6.07) is 5.77. The Hall–Kier alpha value is -2.66. The number of likely N-dealkylation sites (N-methyl/N-ethyl adjacent to an activating group) is 1. The fraction of sp³-hybridized carbons (Fsp3) is 0.609. The molecule has 34 heavy (non-hydrogen) atoms. The number of hydrogen-bond donors (Lipinski definition) is 2. The average Bonchev–Trinajstić information content (AvgIpc) is 3.41. The van der Waals surface area contributed by atoms with Gasteiger partial charge in [-0.2, -0.15) is 12.6 Å². The Morgan fingerprint density at radius 1 is 1.29 bits per heavy atom. The summed E-state index contributed by atoms with van der Waals surface area (Å²) in [5.74, 6) is 0.411. The molecule has 0 radical (unpaired) electrons. The van der Waals surface area contributed by atoms with Crippen molar-refractivity contribution < 1.29 is 19.2 Å². The minimum Gasteiger partial charge on any atom is -0.460 e. The normalized spacial score (nSPS) is 23.3. The fourth-order valence-electron chi connectivity index (χ4n) is 4.48. The number of amides is 1. The largest absolute Gasteiger partial charge is 0.460 e. The number of carbonyl (C=O) groups excluding carboxylic acids is 2. The van der Waals surface area contributed by atoms with Crippen LogP contribution in [0.25, 0.3) is 0 Å². The molecule has 2 heterocycles. The highest BCUT2D eigenvalue weighted by atomic mass is 32.1. The number of likely N-dealkylation sites (tertiary alicyclic amines) is 2. The number of amidine groups is 1. The Morgan fingerprint density at radius 3 is 2.68 bits per heavy atom. The number of non-ortho nitro benzene ring substituents is 1. The number of aliphatic imine (C=N–C) groups is 1. The molecule has 0 bridgehead atoms. The molecule has 3 atom stereocenters. The van der Waals surface area contributed by atoms with Crippen molar-refractivity contribution in [1.29, 1.82) is 0 Å². The first-order valence-electron chi connectivity index (χ1n) is 11.6. The van der Waals surface area contributed by atoms with E-state index >= 15 is 0 Å². The lowest BCUT2D eigenvalue weighted by Gasteiger charge is -2.25. The van der Waals surface area contributed by atoms with Crippen molar-refractivity contribution in [2.45, 2.75) is 50.0 Å². The van der Waals surface area contributed by atoms with Crippen molar-refractivity contribution in [3.63, 3.8) is 0 Å². The summed E-state index contributed by atoms with van der Waals surface area (Å²) >= 11 is 4.51. The molecule has 1 aromatic rings. The van der Waals surface area contributed by atoms with Crippen LogP contribution in [-0.4, -0.2) is 77.0 Å². The van der Waals surface area contributed by atoms with Gasteiger partial charge in [0.25, 0.3) is 5.69 Å². The van der Waals surface area contributed by atoms with Gasteiger partial charge >= 0.3 is 5.97 Å². The van der Waals surface area contributed by atoms with Crippen LogP contribution in [-0.2, 0) is 20.9 Å². The van der Waals surface area contributed by atoms with Crippen molar-refractivity contribution in [3.05, 3.63) is 39.9 Å². The SMILES string of the molecule is CN1C[C@@H](S)C[C@H]1C(=O)N1CC[C@H](CCCN=C(N)CC(=O)OCc2ccc([N+](=O)[O-])cc2)C1. The molecule has 0 aromatic heterocycles. The Bertz CT molecular complexity index is 910. The standard InChI is InChI=1S/C23H33N5O5S/c1-26-14-19(34)11-20(26)23(30)27-10-8-16(13-27)3-2-9-25-21(24)12-22(29)33-15-17-4-6-18(7-5-17)28(31)32/h4-7,16,19-20,34H,2-3,8-15H2,1H3,(H2,24,25)/t16-,19-,20-/m0/s1. The number of thiol groups is 1. The van der Waals surface area contributed by atoms with Crippen LogP contribution < -0.4 is 5.73 Å². The Balaban J connectivity index is 1.31. The number of nitro benzene ring substituents is 1. The lowest BCUT2D eigenvalue weighted by atomic mass is 10.0. The number of hydrogen-bond acceptors (Lipinski definition) is 8. The summed E-state index contributed by atoms with van der Waals surface area (Å²) in [5, 5.41) is 10.9. The molecule has 2 N–H and O–H groups in total. The lowest BCUT2D eigenvalue weighted by molar-refractivity contribution is -0.384. The number of nitrogens with zero attached hydrogens (tertiary/aromatic N) is 4. The minimum absolute atomic E-state index is 0.0172. The third kappa shape index (κ3) is 7.42. The summed E-state index contributed by atoms with van der Waals surface area (Å²) < 4.78 is 5.16. The summed E-state index contributed by atoms with van der Waals surface area (Å²) in [7, 11) is 1.99. The molecular weight excluding hydrogens is 458 g/mol. The average molecular weight is 492 g/mol. The van der Waals surface area contributed by atoms with Gasteiger partial charge in [-0.3, -0.25) is 29.6 Å². The van der Waals surface area contributed by atoms with Gasteiger partial charge in [0.2, 0.25) is 5.91 Å². The van der Waals surface area contributed by atoms with E-state index in [4.69, 9.17) is 10.5 Å². The van der Waals surface area contributed by atoms with E-state index in [0.29, 0.717) is 18.0 Å². The first-order chi connectivity index (χ1) is 16.2. The molecule has 0 aliphatic carbocycles. The Kier molecular flexibility index (Phi) is 9.28. The first kappa shape index (κ1) is 26.0. The van der Waals surface area contributed by atoms with Gasteiger partial charge in [-0.25, -0.2) is 0 Å². The summed E-state index contributed by atoms with van der Waals surface area (Å²) in [6.45, 7) is 2.98. The van der Waals surface area contributed by atoms with Gasteiger partial charge in [0.15, 0.2) is 0 Å². The lowest BCUT2D eigenvalue weighted by Crippen LogP contribution is -2.43. The van der Waals surface area contributed by atoms with Crippen LogP contribution in [0.4, 0.5) is 5.69 Å². The Morgan fingerprint density at radius 2 is 2.03 bits per heavy atom. The summed E-state index contributed by atoms with van der Waals surface area (Å²) in [4.78, 5) is 43.3. The van der Waals surface area contributed by atoms with Gasteiger partial charge in [0, 0.05) is 43.6 Å². The van der Waals surface area contributed by atoms with Gasteiger partial charge in [-0.05, 0) is 56.3 Å². The topological polar surface area (TPSA) is 131 Å². The van der Waals surface area contributed by atoms with Gasteiger partial charge in [0.05, 0.1) is 11.0 Å². The smallest absolute Gasteiger partial charge is 0.313 e. The number of nitro groups is 1. The van der Waals surface area contributed by atoms with E-state index in [0.717, 1.165) is 45.3 Å². The molecule has 2 fully saturated rings. The predicted molar refractivity (Wildman–Crippen MR) is 132 cm³/mol. The van der Waals surface area contributed by atoms with Crippen LogP contribution in [0.1, 0.15) is 37.7 Å². The molecule has 1 aromatic carbocycles. The van der Waals surface area contributed by atoms with Gasteiger partial charge in [-0.1, -0.05) is 0 Å². The number of carbonyl (C=O) groups is 2. The van der Waals surface area contributed by atoms with E-state index < -0.39 is 10.9 Å². The van der Waals surface area contributed by atoms with Crippen molar-refractivity contribution in [2.24, 2.45) is 16.6 Å². The number of nitrogens with two attached hydrogens (primary N) is 1. The van der Waals surface area contributed by atoms with Crippen LogP contribution in [0, 0.1) is 16.0 Å². The molecule has 2 saturated heterocycles. The minimum atomic E-state index is -0.495.